The van der Waals surface area contributed by atoms with E-state index in [0.29, 0.717) is 29.0 Å². The molecule has 1 aliphatic rings. The number of nitrogens with zero attached hydrogens (tertiary/aromatic N) is 4. The van der Waals surface area contributed by atoms with Crippen molar-refractivity contribution in [2.75, 3.05) is 0 Å². The van der Waals surface area contributed by atoms with Gasteiger partial charge in [0.05, 0.1) is 18.3 Å². The first-order chi connectivity index (χ1) is 15.3. The molecule has 1 aromatic heterocycles. The fourth-order valence-corrected chi connectivity index (χ4v) is 3.19. The Morgan fingerprint density at radius 2 is 1.97 bits per heavy atom. The quantitative estimate of drug-likeness (QED) is 0.297. The summed E-state index contributed by atoms with van der Waals surface area (Å²) in [4.78, 5) is 41.1. The molecule has 1 atom stereocenters. The van der Waals surface area contributed by atoms with Gasteiger partial charge in [-0.2, -0.15) is 0 Å². The lowest BCUT2D eigenvalue weighted by molar-refractivity contribution is -0.172. The fraction of sp³-hybridized carbons (Fsp3) is 0.400. The number of hydrogen-bond donors (Lipinski definition) is 3. The van der Waals surface area contributed by atoms with Crippen molar-refractivity contribution in [2.24, 2.45) is 5.73 Å². The zero-order valence-corrected chi connectivity index (χ0v) is 17.5. The average molecular weight is 445 g/mol. The van der Waals surface area contributed by atoms with Crippen LogP contribution in [0.2, 0.25) is 0 Å². The summed E-state index contributed by atoms with van der Waals surface area (Å²) >= 11 is 0. The Morgan fingerprint density at radius 3 is 2.62 bits per heavy atom. The molecule has 3 rings (SSSR count). The zero-order valence-electron chi connectivity index (χ0n) is 17.5. The Balaban J connectivity index is 1.82. The standard InChI is InChI=1S/C20H24FN7O4/c1-2-3-15(21)16-11-27(26-25-16)10-13-6-12(9-24-20(22)23)7-14(8-13)19(31)32-28-17(29)4-5-18(28)30/h6-8,11,15H,2-5,9-10H2,1H3,(H4,22,23,24). The van der Waals surface area contributed by atoms with Crippen LogP contribution >= 0.6 is 0 Å². The van der Waals surface area contributed by atoms with E-state index in [0.717, 1.165) is 0 Å². The monoisotopic (exact) mass is 445 g/mol. The van der Waals surface area contributed by atoms with Gasteiger partial charge >= 0.3 is 5.97 Å². The second kappa shape index (κ2) is 9.98. The molecular formula is C20H24FN7O4. The van der Waals surface area contributed by atoms with Crippen LogP contribution in [0.1, 0.15) is 66.0 Å². The van der Waals surface area contributed by atoms with Gasteiger partial charge in [0.2, 0.25) is 0 Å². The zero-order chi connectivity index (χ0) is 23.3. The molecule has 2 heterocycles. The maximum absolute atomic E-state index is 14.1. The molecule has 1 saturated heterocycles. The first-order valence-electron chi connectivity index (χ1n) is 10.1. The Labute approximate surface area is 183 Å². The molecule has 0 radical (unpaired) electrons. The first-order valence-corrected chi connectivity index (χ1v) is 10.1. The highest BCUT2D eigenvalue weighted by Crippen LogP contribution is 2.21. The number of rotatable bonds is 9. The number of guanidine groups is 1. The number of aromatic nitrogens is 3. The van der Waals surface area contributed by atoms with Crippen LogP contribution in [0.4, 0.5) is 4.39 Å². The van der Waals surface area contributed by atoms with Crippen LogP contribution < -0.4 is 11.1 Å². The van der Waals surface area contributed by atoms with Crippen molar-refractivity contribution >= 4 is 23.7 Å². The maximum Gasteiger partial charge on any atom is 0.363 e. The van der Waals surface area contributed by atoms with Crippen LogP contribution in [0.5, 0.6) is 0 Å². The number of carbonyl (C=O) groups is 3. The van der Waals surface area contributed by atoms with E-state index in [2.05, 4.69) is 15.6 Å². The van der Waals surface area contributed by atoms with Crippen LogP contribution in [0.15, 0.2) is 24.4 Å². The number of hydrogen-bond acceptors (Lipinski definition) is 7. The van der Waals surface area contributed by atoms with E-state index in [9.17, 15) is 18.8 Å². The first kappa shape index (κ1) is 22.8. The molecule has 170 valence electrons. The number of halogens is 1. The molecule has 0 saturated carbocycles. The number of hydroxylamine groups is 2. The summed E-state index contributed by atoms with van der Waals surface area (Å²) in [7, 11) is 0. The molecule has 1 fully saturated rings. The van der Waals surface area contributed by atoms with Gasteiger partial charge in [0.25, 0.3) is 11.8 Å². The van der Waals surface area contributed by atoms with Gasteiger partial charge in [0, 0.05) is 19.4 Å². The highest BCUT2D eigenvalue weighted by molar-refractivity contribution is 6.02. The third-order valence-electron chi connectivity index (χ3n) is 4.72. The van der Waals surface area contributed by atoms with Crippen molar-refractivity contribution in [3.63, 3.8) is 0 Å². The Kier molecular flexibility index (Phi) is 7.13. The molecule has 0 spiro atoms. The molecule has 1 unspecified atom stereocenters. The molecule has 1 aliphatic heterocycles. The summed E-state index contributed by atoms with van der Waals surface area (Å²) in [5.41, 5.74) is 6.86. The largest absolute Gasteiger partial charge is 0.370 e. The topological polar surface area (TPSA) is 156 Å². The van der Waals surface area contributed by atoms with Gasteiger partial charge in [-0.05, 0) is 29.7 Å². The molecule has 0 aliphatic carbocycles. The second-order valence-electron chi connectivity index (χ2n) is 7.36. The smallest absolute Gasteiger partial charge is 0.363 e. The van der Waals surface area contributed by atoms with Crippen LogP contribution in [0, 0.1) is 5.41 Å². The predicted molar refractivity (Wildman–Crippen MR) is 110 cm³/mol. The third-order valence-corrected chi connectivity index (χ3v) is 4.72. The SMILES string of the molecule is CCCC(F)c1cn(Cc2cc(CNC(=N)N)cc(C(=O)ON3C(=O)CCC3=O)c2)nn1. The van der Waals surface area contributed by atoms with Crippen LogP contribution in [-0.2, 0) is 27.5 Å². The number of amides is 2. The molecule has 4 N–H and O–H groups in total. The van der Waals surface area contributed by atoms with Crippen molar-refractivity contribution in [3.05, 3.63) is 46.8 Å². The van der Waals surface area contributed by atoms with Gasteiger partial charge in [-0.25, -0.2) is 13.9 Å². The lowest BCUT2D eigenvalue weighted by Gasteiger charge is -2.14. The predicted octanol–water partition coefficient (Wildman–Crippen LogP) is 1.34. The van der Waals surface area contributed by atoms with Gasteiger partial charge in [-0.15, -0.1) is 10.2 Å². The minimum atomic E-state index is -1.21. The van der Waals surface area contributed by atoms with Crippen molar-refractivity contribution in [3.8, 4) is 0 Å². The van der Waals surface area contributed by atoms with E-state index >= 15 is 0 Å². The molecule has 2 amide bonds. The Bertz CT molecular complexity index is 1020. The number of carbonyl (C=O) groups excluding carboxylic acids is 3. The van der Waals surface area contributed by atoms with Gasteiger partial charge in [0.15, 0.2) is 5.96 Å². The molecule has 12 heteroatoms. The Morgan fingerprint density at radius 1 is 1.28 bits per heavy atom. The number of alkyl halides is 1. The second-order valence-corrected chi connectivity index (χ2v) is 7.36. The van der Waals surface area contributed by atoms with Gasteiger partial charge in [0.1, 0.15) is 11.9 Å². The van der Waals surface area contributed by atoms with E-state index in [1.165, 1.54) is 23.0 Å². The summed E-state index contributed by atoms with van der Waals surface area (Å²) in [6, 6.07) is 4.77. The minimum absolute atomic E-state index is 0.0117. The number of imide groups is 1. The van der Waals surface area contributed by atoms with E-state index in [-0.39, 0.29) is 43.1 Å². The Hall–Kier alpha value is -3.83. The van der Waals surface area contributed by atoms with Crippen molar-refractivity contribution in [1.29, 1.82) is 5.41 Å². The average Bonchev–Trinajstić information content (AvgIpc) is 3.34. The lowest BCUT2D eigenvalue weighted by Crippen LogP contribution is -2.32. The van der Waals surface area contributed by atoms with Gasteiger partial charge in [-0.3, -0.25) is 15.0 Å². The van der Waals surface area contributed by atoms with Crippen molar-refractivity contribution < 1.29 is 23.6 Å². The van der Waals surface area contributed by atoms with Crippen molar-refractivity contribution in [2.45, 2.75) is 51.9 Å². The summed E-state index contributed by atoms with van der Waals surface area (Å²) in [5.74, 6) is -2.30. The van der Waals surface area contributed by atoms with E-state index in [4.69, 9.17) is 16.0 Å². The van der Waals surface area contributed by atoms with Gasteiger partial charge < -0.3 is 15.9 Å². The third kappa shape index (κ3) is 5.65. The molecule has 0 bridgehead atoms. The van der Waals surface area contributed by atoms with E-state index < -0.39 is 24.0 Å². The van der Waals surface area contributed by atoms with Crippen LogP contribution in [0.3, 0.4) is 0 Å². The molecule has 11 nitrogen and oxygen atoms in total. The van der Waals surface area contributed by atoms with Crippen LogP contribution in [0.25, 0.3) is 0 Å². The number of nitrogens with one attached hydrogen (secondary N) is 2. The number of benzene rings is 1. The summed E-state index contributed by atoms with van der Waals surface area (Å²) in [6.07, 6.45) is 1.28. The number of nitrogens with two attached hydrogens (primary N) is 1. The summed E-state index contributed by atoms with van der Waals surface area (Å²) in [5, 5.41) is 18.2. The van der Waals surface area contributed by atoms with Crippen molar-refractivity contribution in [1.82, 2.24) is 25.4 Å². The maximum atomic E-state index is 14.1. The molecule has 32 heavy (non-hydrogen) atoms. The van der Waals surface area contributed by atoms with E-state index in [1.54, 1.807) is 6.07 Å². The summed E-state index contributed by atoms with van der Waals surface area (Å²) in [6.45, 7) is 2.21. The minimum Gasteiger partial charge on any atom is -0.370 e. The lowest BCUT2D eigenvalue weighted by atomic mass is 10.1. The highest BCUT2D eigenvalue weighted by atomic mass is 19.1. The normalized spacial score (nSPS) is 14.5. The van der Waals surface area contributed by atoms with Crippen LogP contribution in [-0.4, -0.2) is 43.8 Å². The van der Waals surface area contributed by atoms with E-state index in [1.807, 2.05) is 6.92 Å². The highest BCUT2D eigenvalue weighted by Gasteiger charge is 2.33. The molecule has 2 aromatic rings. The summed E-state index contributed by atoms with van der Waals surface area (Å²) < 4.78 is 15.5. The van der Waals surface area contributed by atoms with Gasteiger partial charge in [-0.1, -0.05) is 24.6 Å². The molecule has 1 aromatic carbocycles. The molecular weight excluding hydrogens is 421 g/mol. The fourth-order valence-electron chi connectivity index (χ4n) is 3.19.